The van der Waals surface area contributed by atoms with Gasteiger partial charge in [-0.2, -0.15) is 0 Å². The van der Waals surface area contributed by atoms with E-state index in [0.29, 0.717) is 0 Å². The normalized spacial score (nSPS) is 12.0. The Morgan fingerprint density at radius 2 is 1.22 bits per heavy atom. The zero-order valence-electron chi connectivity index (χ0n) is 13.1. The van der Waals surface area contributed by atoms with Crippen LogP contribution in [0.15, 0.2) is 0 Å². The summed E-state index contributed by atoms with van der Waals surface area (Å²) in [5.41, 5.74) is 0. The topological polar surface area (TPSA) is 18.5 Å². The van der Waals surface area contributed by atoms with Gasteiger partial charge in [-0.3, -0.25) is 9.46 Å². The number of rotatable bonds is 13. The first-order chi connectivity index (χ1) is 8.74. The smallest absolute Gasteiger partial charge is 0.238 e. The summed E-state index contributed by atoms with van der Waals surface area (Å²) in [7, 11) is 0.107. The highest BCUT2D eigenvalue weighted by Crippen LogP contribution is 2.25. The van der Waals surface area contributed by atoms with E-state index < -0.39 is 8.32 Å². The van der Waals surface area contributed by atoms with Crippen LogP contribution in [0.3, 0.4) is 0 Å². The van der Waals surface area contributed by atoms with E-state index in [9.17, 15) is 0 Å². The van der Waals surface area contributed by atoms with Crippen molar-refractivity contribution < 1.29 is 9.46 Å². The van der Waals surface area contributed by atoms with Gasteiger partial charge in [0.1, 0.15) is 0 Å². The molecule has 0 aromatic carbocycles. The molecule has 0 aliphatic heterocycles. The summed E-state index contributed by atoms with van der Waals surface area (Å²) >= 11 is 0. The van der Waals surface area contributed by atoms with E-state index in [0.717, 1.165) is 0 Å². The third kappa shape index (κ3) is 8.28. The zero-order valence-corrected chi connectivity index (χ0v) is 14.1. The molecule has 0 fully saturated rings. The molecule has 0 aromatic rings. The second-order valence-electron chi connectivity index (χ2n) is 5.36. The fourth-order valence-corrected chi connectivity index (χ4v) is 5.29. The molecule has 0 heterocycles. The first kappa shape index (κ1) is 18.1. The standard InChI is InChI=1S/C15H34O2Si/c1-5-8-9-10-11-12-13-14-15-18(6-2,7-3)17-16-4/h5-15H2,1-4H3. The van der Waals surface area contributed by atoms with Crippen LogP contribution in [0.25, 0.3) is 0 Å². The summed E-state index contributed by atoms with van der Waals surface area (Å²) in [6.45, 7) is 6.77. The minimum atomic E-state index is -1.55. The number of hydrogen-bond donors (Lipinski definition) is 0. The van der Waals surface area contributed by atoms with E-state index in [1.165, 1.54) is 69.5 Å². The molecule has 0 aliphatic rings. The molecule has 0 radical (unpaired) electrons. The summed E-state index contributed by atoms with van der Waals surface area (Å²) in [5, 5.41) is 0. The molecule has 0 atom stereocenters. The van der Waals surface area contributed by atoms with Crippen LogP contribution in [0.4, 0.5) is 0 Å². The minimum Gasteiger partial charge on any atom is -0.287 e. The molecular formula is C15H34O2Si. The molecule has 0 rings (SSSR count). The maximum Gasteiger partial charge on any atom is 0.238 e. The molecule has 110 valence electrons. The Bertz CT molecular complexity index is 170. The molecule has 3 heteroatoms. The second-order valence-corrected chi connectivity index (χ2v) is 9.81. The summed E-state index contributed by atoms with van der Waals surface area (Å²) in [4.78, 5) is 4.97. The third-order valence-corrected chi connectivity index (χ3v) is 8.40. The van der Waals surface area contributed by atoms with Crippen molar-refractivity contribution in [2.75, 3.05) is 7.11 Å². The Morgan fingerprint density at radius 1 is 0.722 bits per heavy atom. The highest BCUT2D eigenvalue weighted by atomic mass is 28.4. The van der Waals surface area contributed by atoms with Gasteiger partial charge >= 0.3 is 0 Å². The van der Waals surface area contributed by atoms with Crippen LogP contribution in [0, 0.1) is 0 Å². The van der Waals surface area contributed by atoms with Gasteiger partial charge in [-0.15, -0.1) is 0 Å². The predicted octanol–water partition coefficient (Wildman–Crippen LogP) is 5.69. The van der Waals surface area contributed by atoms with E-state index in [4.69, 9.17) is 9.46 Å². The average molecular weight is 275 g/mol. The summed E-state index contributed by atoms with van der Waals surface area (Å²) in [6, 6.07) is 3.62. The molecule has 0 aromatic heterocycles. The molecule has 2 nitrogen and oxygen atoms in total. The second kappa shape index (κ2) is 12.2. The Morgan fingerprint density at radius 3 is 1.67 bits per heavy atom. The van der Waals surface area contributed by atoms with Crippen molar-refractivity contribution in [1.29, 1.82) is 0 Å². The van der Waals surface area contributed by atoms with Gasteiger partial charge in [0.15, 0.2) is 0 Å². The minimum absolute atomic E-state index is 1.17. The lowest BCUT2D eigenvalue weighted by molar-refractivity contribution is -0.192. The van der Waals surface area contributed by atoms with Crippen molar-refractivity contribution in [3.8, 4) is 0 Å². The maximum atomic E-state index is 5.63. The van der Waals surface area contributed by atoms with E-state index >= 15 is 0 Å². The molecule has 0 saturated heterocycles. The molecule has 0 bridgehead atoms. The van der Waals surface area contributed by atoms with Gasteiger partial charge in [-0.05, 0) is 18.1 Å². The fraction of sp³-hybridized carbons (Fsp3) is 1.00. The maximum absolute atomic E-state index is 5.63. The molecular weight excluding hydrogens is 240 g/mol. The van der Waals surface area contributed by atoms with Crippen LogP contribution in [-0.4, -0.2) is 15.4 Å². The molecule has 0 amide bonds. The van der Waals surface area contributed by atoms with Crippen LogP contribution in [0.5, 0.6) is 0 Å². The van der Waals surface area contributed by atoms with Crippen LogP contribution >= 0.6 is 0 Å². The van der Waals surface area contributed by atoms with Crippen molar-refractivity contribution >= 4 is 8.32 Å². The van der Waals surface area contributed by atoms with Crippen molar-refractivity contribution in [1.82, 2.24) is 0 Å². The van der Waals surface area contributed by atoms with Crippen LogP contribution in [-0.2, 0) is 9.46 Å². The largest absolute Gasteiger partial charge is 0.287 e. The van der Waals surface area contributed by atoms with Gasteiger partial charge in [-0.1, -0.05) is 72.1 Å². The molecule has 0 saturated carbocycles. The van der Waals surface area contributed by atoms with E-state index in [-0.39, 0.29) is 0 Å². The number of unbranched alkanes of at least 4 members (excludes halogenated alkanes) is 7. The highest BCUT2D eigenvalue weighted by Gasteiger charge is 2.31. The predicted molar refractivity (Wildman–Crippen MR) is 82.2 cm³/mol. The Balaban J connectivity index is 3.55. The Kier molecular flexibility index (Phi) is 12.3. The van der Waals surface area contributed by atoms with E-state index in [1.807, 2.05) is 0 Å². The first-order valence-corrected chi connectivity index (χ1v) is 10.5. The van der Waals surface area contributed by atoms with Gasteiger partial charge in [0, 0.05) is 0 Å². The van der Waals surface area contributed by atoms with Gasteiger partial charge in [0.05, 0.1) is 7.11 Å². The molecule has 0 N–H and O–H groups in total. The molecule has 18 heavy (non-hydrogen) atoms. The first-order valence-electron chi connectivity index (χ1n) is 7.96. The molecule has 0 unspecified atom stereocenters. The Labute approximate surface area is 116 Å². The third-order valence-electron chi connectivity index (χ3n) is 4.03. The lowest BCUT2D eigenvalue weighted by Gasteiger charge is -2.26. The molecule has 0 aliphatic carbocycles. The van der Waals surface area contributed by atoms with Gasteiger partial charge in [0.25, 0.3) is 0 Å². The average Bonchev–Trinajstić information content (AvgIpc) is 2.40. The van der Waals surface area contributed by atoms with E-state index in [2.05, 4.69) is 20.8 Å². The SMILES string of the molecule is CCCCCCCCCC[Si](CC)(CC)OOC. The quantitative estimate of drug-likeness (QED) is 0.186. The van der Waals surface area contributed by atoms with Gasteiger partial charge in [0.2, 0.25) is 8.32 Å². The lowest BCUT2D eigenvalue weighted by atomic mass is 10.1. The van der Waals surface area contributed by atoms with Crippen LogP contribution < -0.4 is 0 Å². The van der Waals surface area contributed by atoms with Crippen LogP contribution in [0.1, 0.15) is 72.1 Å². The van der Waals surface area contributed by atoms with Crippen molar-refractivity contribution in [3.05, 3.63) is 0 Å². The summed E-state index contributed by atoms with van der Waals surface area (Å²) < 4.78 is 5.63. The summed E-state index contributed by atoms with van der Waals surface area (Å²) in [6.07, 6.45) is 11.1. The van der Waals surface area contributed by atoms with Crippen molar-refractivity contribution in [3.63, 3.8) is 0 Å². The monoisotopic (exact) mass is 274 g/mol. The zero-order chi connectivity index (χ0) is 13.7. The summed E-state index contributed by atoms with van der Waals surface area (Å²) in [5.74, 6) is 0. The van der Waals surface area contributed by atoms with Gasteiger partial charge < -0.3 is 0 Å². The highest BCUT2D eigenvalue weighted by molar-refractivity contribution is 6.73. The van der Waals surface area contributed by atoms with Crippen molar-refractivity contribution in [2.24, 2.45) is 0 Å². The Hall–Kier alpha value is 0.137. The van der Waals surface area contributed by atoms with E-state index in [1.54, 1.807) is 7.11 Å². The lowest BCUT2D eigenvalue weighted by Crippen LogP contribution is -2.36. The van der Waals surface area contributed by atoms with Crippen LogP contribution in [0.2, 0.25) is 18.1 Å². The fourth-order valence-electron chi connectivity index (χ4n) is 2.52. The van der Waals surface area contributed by atoms with Gasteiger partial charge in [-0.25, -0.2) is 0 Å². The molecule has 0 spiro atoms. The number of hydrogen-bond acceptors (Lipinski definition) is 2. The van der Waals surface area contributed by atoms with Crippen molar-refractivity contribution in [2.45, 2.75) is 90.3 Å².